The van der Waals surface area contributed by atoms with Crippen LogP contribution in [-0.2, 0) is 0 Å². The molecule has 1 heterocycles. The quantitative estimate of drug-likeness (QED) is 0.839. The van der Waals surface area contributed by atoms with Gasteiger partial charge in [-0.2, -0.15) is 5.26 Å². The molecule has 1 aliphatic rings. The highest BCUT2D eigenvalue weighted by Crippen LogP contribution is 2.21. The zero-order valence-electron chi connectivity index (χ0n) is 9.93. The summed E-state index contributed by atoms with van der Waals surface area (Å²) in [4.78, 5) is 4.63. The van der Waals surface area contributed by atoms with Crippen LogP contribution < -0.4 is 4.90 Å². The number of benzene rings is 1. The number of anilines is 1. The van der Waals surface area contributed by atoms with E-state index < -0.39 is 0 Å². The number of piperazine rings is 1. The molecule has 90 valence electrons. The van der Waals surface area contributed by atoms with Crippen LogP contribution in [0.2, 0.25) is 0 Å². The van der Waals surface area contributed by atoms with Crippen molar-refractivity contribution in [3.05, 3.63) is 28.7 Å². The van der Waals surface area contributed by atoms with E-state index in [1.54, 1.807) is 0 Å². The predicted molar refractivity (Wildman–Crippen MR) is 73.0 cm³/mol. The predicted octanol–water partition coefficient (Wildman–Crippen LogP) is 2.48. The zero-order chi connectivity index (χ0) is 12.3. The number of likely N-dealkylation sites (N-methyl/N-ethyl adjacent to an activating group) is 1. The minimum Gasteiger partial charge on any atom is -0.369 e. The summed E-state index contributed by atoms with van der Waals surface area (Å²) in [5, 5.41) is 8.83. The standard InChI is InChI=1S/C13H16BrN3/c1-16-8-9-17(10-13(16)6-7-15)12-4-2-11(14)3-5-12/h2-5,13H,6,8-10H2,1H3. The summed E-state index contributed by atoms with van der Waals surface area (Å²) >= 11 is 3.45. The van der Waals surface area contributed by atoms with Crippen LogP contribution in [0.5, 0.6) is 0 Å². The molecular weight excluding hydrogens is 278 g/mol. The highest BCUT2D eigenvalue weighted by Gasteiger charge is 2.23. The molecule has 0 saturated carbocycles. The molecule has 2 rings (SSSR count). The molecule has 3 nitrogen and oxygen atoms in total. The van der Waals surface area contributed by atoms with Gasteiger partial charge in [0.25, 0.3) is 0 Å². The molecule has 1 saturated heterocycles. The summed E-state index contributed by atoms with van der Waals surface area (Å²) in [6, 6.07) is 11.0. The lowest BCUT2D eigenvalue weighted by atomic mass is 10.1. The van der Waals surface area contributed by atoms with E-state index in [0.29, 0.717) is 12.5 Å². The molecule has 1 fully saturated rings. The van der Waals surface area contributed by atoms with Gasteiger partial charge in [0, 0.05) is 35.8 Å². The van der Waals surface area contributed by atoms with Crippen molar-refractivity contribution in [3.63, 3.8) is 0 Å². The minimum atomic E-state index is 0.345. The molecule has 0 aromatic heterocycles. The van der Waals surface area contributed by atoms with Crippen molar-refractivity contribution in [2.75, 3.05) is 31.6 Å². The maximum atomic E-state index is 8.83. The van der Waals surface area contributed by atoms with Crippen molar-refractivity contribution >= 4 is 21.6 Å². The second-order valence-electron chi connectivity index (χ2n) is 4.42. The average molecular weight is 294 g/mol. The van der Waals surface area contributed by atoms with Gasteiger partial charge in [0.2, 0.25) is 0 Å². The van der Waals surface area contributed by atoms with Gasteiger partial charge in [0.05, 0.1) is 12.5 Å². The Morgan fingerprint density at radius 1 is 1.35 bits per heavy atom. The van der Waals surface area contributed by atoms with Crippen molar-refractivity contribution in [1.29, 1.82) is 5.26 Å². The molecule has 0 amide bonds. The summed E-state index contributed by atoms with van der Waals surface area (Å²) in [6.07, 6.45) is 0.601. The minimum absolute atomic E-state index is 0.345. The highest BCUT2D eigenvalue weighted by atomic mass is 79.9. The van der Waals surface area contributed by atoms with E-state index in [0.717, 1.165) is 24.1 Å². The highest BCUT2D eigenvalue weighted by molar-refractivity contribution is 9.10. The Kier molecular flexibility index (Phi) is 4.03. The van der Waals surface area contributed by atoms with Crippen molar-refractivity contribution in [2.45, 2.75) is 12.5 Å². The Labute approximate surface area is 111 Å². The lowest BCUT2D eigenvalue weighted by molar-refractivity contribution is 0.221. The Bertz CT molecular complexity index is 410. The van der Waals surface area contributed by atoms with Gasteiger partial charge in [0.1, 0.15) is 0 Å². The third-order valence-electron chi connectivity index (χ3n) is 3.30. The second-order valence-corrected chi connectivity index (χ2v) is 5.33. The van der Waals surface area contributed by atoms with Crippen molar-refractivity contribution < 1.29 is 0 Å². The van der Waals surface area contributed by atoms with Crippen LogP contribution in [0.15, 0.2) is 28.7 Å². The van der Waals surface area contributed by atoms with Gasteiger partial charge in [-0.1, -0.05) is 15.9 Å². The fourth-order valence-electron chi connectivity index (χ4n) is 2.16. The molecule has 0 radical (unpaired) electrons. The van der Waals surface area contributed by atoms with E-state index in [2.05, 4.69) is 63.1 Å². The van der Waals surface area contributed by atoms with E-state index >= 15 is 0 Å². The van der Waals surface area contributed by atoms with Crippen LogP contribution in [0.3, 0.4) is 0 Å². The lowest BCUT2D eigenvalue weighted by Crippen LogP contribution is -2.51. The molecule has 1 aromatic carbocycles. The molecular formula is C13H16BrN3. The summed E-state index contributed by atoms with van der Waals surface area (Å²) in [6.45, 7) is 2.98. The second kappa shape index (κ2) is 5.52. The lowest BCUT2D eigenvalue weighted by Gasteiger charge is -2.39. The number of nitriles is 1. The topological polar surface area (TPSA) is 30.3 Å². The number of halogens is 1. The van der Waals surface area contributed by atoms with Crippen LogP contribution in [0, 0.1) is 11.3 Å². The van der Waals surface area contributed by atoms with E-state index in [1.807, 2.05) is 0 Å². The van der Waals surface area contributed by atoms with Crippen LogP contribution >= 0.6 is 15.9 Å². The van der Waals surface area contributed by atoms with Crippen LogP contribution in [0.4, 0.5) is 5.69 Å². The summed E-state index contributed by atoms with van der Waals surface area (Å²) < 4.78 is 1.10. The van der Waals surface area contributed by atoms with Crippen molar-refractivity contribution in [1.82, 2.24) is 4.90 Å². The molecule has 0 aliphatic carbocycles. The Balaban J connectivity index is 2.08. The number of nitrogens with zero attached hydrogens (tertiary/aromatic N) is 3. The monoisotopic (exact) mass is 293 g/mol. The summed E-state index contributed by atoms with van der Waals surface area (Å²) in [5.74, 6) is 0. The Hall–Kier alpha value is -1.05. The van der Waals surface area contributed by atoms with Crippen molar-refractivity contribution in [2.24, 2.45) is 0 Å². The van der Waals surface area contributed by atoms with Gasteiger partial charge < -0.3 is 4.90 Å². The first-order valence-electron chi connectivity index (χ1n) is 5.78. The molecule has 4 heteroatoms. The maximum absolute atomic E-state index is 8.83. The first-order valence-corrected chi connectivity index (χ1v) is 6.57. The van der Waals surface area contributed by atoms with Gasteiger partial charge in [-0.15, -0.1) is 0 Å². The third-order valence-corrected chi connectivity index (χ3v) is 3.82. The first kappa shape index (κ1) is 12.4. The third kappa shape index (κ3) is 2.99. The van der Waals surface area contributed by atoms with Gasteiger partial charge in [-0.05, 0) is 31.3 Å². The van der Waals surface area contributed by atoms with Crippen LogP contribution in [-0.4, -0.2) is 37.6 Å². The largest absolute Gasteiger partial charge is 0.369 e. The van der Waals surface area contributed by atoms with E-state index in [-0.39, 0.29) is 0 Å². The summed E-state index contributed by atoms with van der Waals surface area (Å²) in [5.41, 5.74) is 1.24. The van der Waals surface area contributed by atoms with E-state index in [4.69, 9.17) is 5.26 Å². The molecule has 0 bridgehead atoms. The fourth-order valence-corrected chi connectivity index (χ4v) is 2.42. The normalized spacial score (nSPS) is 21.2. The van der Waals surface area contributed by atoms with E-state index in [9.17, 15) is 0 Å². The Morgan fingerprint density at radius 3 is 2.71 bits per heavy atom. The number of hydrogen-bond donors (Lipinski definition) is 0. The molecule has 0 spiro atoms. The van der Waals surface area contributed by atoms with Gasteiger partial charge in [-0.25, -0.2) is 0 Å². The van der Waals surface area contributed by atoms with Crippen molar-refractivity contribution in [3.8, 4) is 6.07 Å². The van der Waals surface area contributed by atoms with Gasteiger partial charge >= 0.3 is 0 Å². The van der Waals surface area contributed by atoms with E-state index in [1.165, 1.54) is 5.69 Å². The van der Waals surface area contributed by atoms with Gasteiger partial charge in [0.15, 0.2) is 0 Å². The average Bonchev–Trinajstić information content (AvgIpc) is 2.33. The first-order chi connectivity index (χ1) is 8.20. The zero-order valence-corrected chi connectivity index (χ0v) is 11.5. The molecule has 1 aromatic rings. The molecule has 1 aliphatic heterocycles. The Morgan fingerprint density at radius 2 is 2.06 bits per heavy atom. The van der Waals surface area contributed by atoms with Gasteiger partial charge in [-0.3, -0.25) is 4.90 Å². The molecule has 17 heavy (non-hydrogen) atoms. The molecule has 1 unspecified atom stereocenters. The molecule has 0 N–H and O–H groups in total. The SMILES string of the molecule is CN1CCN(c2ccc(Br)cc2)CC1CC#N. The molecule has 1 atom stereocenters. The fraction of sp³-hybridized carbons (Fsp3) is 0.462. The summed E-state index contributed by atoms with van der Waals surface area (Å²) in [7, 11) is 2.10. The number of rotatable bonds is 2. The maximum Gasteiger partial charge on any atom is 0.0638 e. The smallest absolute Gasteiger partial charge is 0.0638 e. The number of hydrogen-bond acceptors (Lipinski definition) is 3. The van der Waals surface area contributed by atoms with Crippen LogP contribution in [0.1, 0.15) is 6.42 Å². The van der Waals surface area contributed by atoms with Crippen LogP contribution in [0.25, 0.3) is 0 Å².